The maximum absolute atomic E-state index is 11.3. The van der Waals surface area contributed by atoms with E-state index in [1.54, 1.807) is 13.8 Å². The highest BCUT2D eigenvalue weighted by Gasteiger charge is 2.18. The lowest BCUT2D eigenvalue weighted by molar-refractivity contribution is -0.385. The van der Waals surface area contributed by atoms with Crippen molar-refractivity contribution in [2.75, 3.05) is 6.61 Å². The van der Waals surface area contributed by atoms with Gasteiger partial charge in [-0.2, -0.15) is 0 Å². The first kappa shape index (κ1) is 12.2. The molecule has 16 heavy (non-hydrogen) atoms. The molecule has 1 aromatic rings. The molecule has 0 amide bonds. The molecule has 0 N–H and O–H groups in total. The highest BCUT2D eigenvalue weighted by atomic mass is 16.6. The molecule has 1 aromatic carbocycles. The summed E-state index contributed by atoms with van der Waals surface area (Å²) < 4.78 is 5.22. The molecule has 0 fully saturated rings. The lowest BCUT2D eigenvalue weighted by Gasteiger charge is -2.09. The Balaban J connectivity index is 3.36. The molecule has 86 valence electrons. The van der Waals surface area contributed by atoms with Gasteiger partial charge < -0.3 is 4.74 Å². The number of nitro groups is 1. The average Bonchev–Trinajstić information content (AvgIpc) is 2.19. The van der Waals surface area contributed by atoms with Crippen molar-refractivity contribution >= 4 is 11.5 Å². The van der Waals surface area contributed by atoms with Crippen LogP contribution in [-0.4, -0.2) is 17.3 Å². The molecule has 0 heterocycles. The number of benzene rings is 1. The normalized spacial score (nSPS) is 9.94. The van der Waals surface area contributed by atoms with Crippen LogP contribution in [0.5, 0.6) is 5.75 Å². The molecule has 0 spiro atoms. The zero-order chi connectivity index (χ0) is 12.3. The van der Waals surface area contributed by atoms with Crippen LogP contribution in [0.3, 0.4) is 0 Å². The van der Waals surface area contributed by atoms with Gasteiger partial charge in [-0.25, -0.2) is 0 Å². The van der Waals surface area contributed by atoms with Gasteiger partial charge in [0, 0.05) is 5.56 Å². The first-order valence-electron chi connectivity index (χ1n) is 4.90. The summed E-state index contributed by atoms with van der Waals surface area (Å²) in [4.78, 5) is 21.6. The van der Waals surface area contributed by atoms with Crippen LogP contribution in [0.2, 0.25) is 0 Å². The predicted octanol–water partition coefficient (Wildman–Crippen LogP) is 2.50. The monoisotopic (exact) mass is 223 g/mol. The molecule has 0 saturated carbocycles. The van der Waals surface area contributed by atoms with E-state index < -0.39 is 4.92 Å². The highest BCUT2D eigenvalue weighted by Crippen LogP contribution is 2.28. The van der Waals surface area contributed by atoms with Crippen LogP contribution in [-0.2, 0) is 0 Å². The van der Waals surface area contributed by atoms with Gasteiger partial charge in [0.05, 0.1) is 23.2 Å². The third-order valence-electron chi connectivity index (χ3n) is 2.17. The second-order valence-corrected chi connectivity index (χ2v) is 3.38. The Bertz CT molecular complexity index is 440. The summed E-state index contributed by atoms with van der Waals surface area (Å²) in [6.07, 6.45) is 0. The van der Waals surface area contributed by atoms with E-state index in [1.165, 1.54) is 19.1 Å². The number of ketones is 1. The van der Waals surface area contributed by atoms with Gasteiger partial charge in [-0.05, 0) is 26.8 Å². The van der Waals surface area contributed by atoms with Crippen LogP contribution in [0.1, 0.15) is 29.8 Å². The third kappa shape index (κ3) is 2.36. The van der Waals surface area contributed by atoms with Gasteiger partial charge in [-0.1, -0.05) is 0 Å². The number of carbonyl (C=O) groups is 1. The lowest BCUT2D eigenvalue weighted by Crippen LogP contribution is -2.03. The average molecular weight is 223 g/mol. The maximum Gasteiger partial charge on any atom is 0.276 e. The molecule has 0 aliphatic rings. The van der Waals surface area contributed by atoms with E-state index in [2.05, 4.69) is 0 Å². The Kier molecular flexibility index (Phi) is 3.60. The van der Waals surface area contributed by atoms with Crippen LogP contribution in [0, 0.1) is 17.0 Å². The Hall–Kier alpha value is -1.91. The molecule has 5 nitrogen and oxygen atoms in total. The van der Waals surface area contributed by atoms with Gasteiger partial charge in [-0.15, -0.1) is 0 Å². The first-order chi connectivity index (χ1) is 7.47. The smallest absolute Gasteiger partial charge is 0.276 e. The molecule has 5 heteroatoms. The molecule has 0 radical (unpaired) electrons. The van der Waals surface area contributed by atoms with E-state index in [1.807, 2.05) is 0 Å². The van der Waals surface area contributed by atoms with Crippen molar-refractivity contribution in [3.05, 3.63) is 33.4 Å². The highest BCUT2D eigenvalue weighted by molar-refractivity contribution is 5.97. The number of aryl methyl sites for hydroxylation is 1. The number of nitro benzene ring substituents is 1. The van der Waals surface area contributed by atoms with Crippen molar-refractivity contribution in [1.29, 1.82) is 0 Å². The lowest BCUT2D eigenvalue weighted by atomic mass is 10.1. The standard InChI is InChI=1S/C11H13NO4/c1-4-16-11-6-10(12(14)15)7(2)5-9(11)8(3)13/h5-6H,4H2,1-3H3. The Morgan fingerprint density at radius 3 is 2.56 bits per heavy atom. The summed E-state index contributed by atoms with van der Waals surface area (Å²) in [6.45, 7) is 5.12. The Morgan fingerprint density at radius 1 is 1.50 bits per heavy atom. The Labute approximate surface area is 93.2 Å². The van der Waals surface area contributed by atoms with E-state index >= 15 is 0 Å². The second-order valence-electron chi connectivity index (χ2n) is 3.38. The molecule has 0 saturated heterocycles. The van der Waals surface area contributed by atoms with Gasteiger partial charge in [0.2, 0.25) is 0 Å². The third-order valence-corrected chi connectivity index (χ3v) is 2.17. The zero-order valence-electron chi connectivity index (χ0n) is 9.44. The zero-order valence-corrected chi connectivity index (χ0v) is 9.44. The van der Waals surface area contributed by atoms with E-state index in [0.29, 0.717) is 17.7 Å². The van der Waals surface area contributed by atoms with Crippen molar-refractivity contribution in [2.24, 2.45) is 0 Å². The van der Waals surface area contributed by atoms with Crippen LogP contribution in [0.15, 0.2) is 12.1 Å². The molecule has 0 aliphatic heterocycles. The fraction of sp³-hybridized carbons (Fsp3) is 0.364. The van der Waals surface area contributed by atoms with E-state index in [9.17, 15) is 14.9 Å². The summed E-state index contributed by atoms with van der Waals surface area (Å²) in [6, 6.07) is 2.79. The largest absolute Gasteiger partial charge is 0.493 e. The molecule has 0 atom stereocenters. The fourth-order valence-electron chi connectivity index (χ4n) is 1.42. The number of carbonyl (C=O) groups excluding carboxylic acids is 1. The SMILES string of the molecule is CCOc1cc([N+](=O)[O-])c(C)cc1C(C)=O. The second kappa shape index (κ2) is 4.74. The molecular formula is C11H13NO4. The number of Topliss-reactive ketones (excluding diaryl/α,β-unsaturated/α-hetero) is 1. The van der Waals surface area contributed by atoms with E-state index in [4.69, 9.17) is 4.74 Å². The molecule has 0 aliphatic carbocycles. The fourth-order valence-corrected chi connectivity index (χ4v) is 1.42. The molecule has 0 aromatic heterocycles. The number of rotatable bonds is 4. The minimum absolute atomic E-state index is 0.0338. The van der Waals surface area contributed by atoms with Crippen LogP contribution >= 0.6 is 0 Å². The molecule has 1 rings (SSSR count). The van der Waals surface area contributed by atoms with Crippen molar-refractivity contribution in [3.8, 4) is 5.75 Å². The predicted molar refractivity (Wildman–Crippen MR) is 59.0 cm³/mol. The number of ether oxygens (including phenoxy) is 1. The molecule has 0 unspecified atom stereocenters. The van der Waals surface area contributed by atoms with Crippen molar-refractivity contribution in [2.45, 2.75) is 20.8 Å². The van der Waals surface area contributed by atoms with E-state index in [-0.39, 0.29) is 17.2 Å². The van der Waals surface area contributed by atoms with Gasteiger partial charge in [0.15, 0.2) is 5.78 Å². The quantitative estimate of drug-likeness (QED) is 0.446. The summed E-state index contributed by atoms with van der Waals surface area (Å²) in [5.41, 5.74) is 0.803. The van der Waals surface area contributed by atoms with Crippen LogP contribution in [0.25, 0.3) is 0 Å². The summed E-state index contributed by atoms with van der Waals surface area (Å²) in [5, 5.41) is 10.7. The minimum Gasteiger partial charge on any atom is -0.493 e. The van der Waals surface area contributed by atoms with Gasteiger partial charge in [0.25, 0.3) is 5.69 Å². The van der Waals surface area contributed by atoms with Gasteiger partial charge >= 0.3 is 0 Å². The van der Waals surface area contributed by atoms with Crippen molar-refractivity contribution in [3.63, 3.8) is 0 Å². The van der Waals surface area contributed by atoms with Crippen molar-refractivity contribution in [1.82, 2.24) is 0 Å². The first-order valence-corrected chi connectivity index (χ1v) is 4.90. The van der Waals surface area contributed by atoms with Crippen molar-refractivity contribution < 1.29 is 14.5 Å². The minimum atomic E-state index is -0.484. The van der Waals surface area contributed by atoms with Crippen LogP contribution in [0.4, 0.5) is 5.69 Å². The van der Waals surface area contributed by atoms with Crippen LogP contribution < -0.4 is 4.74 Å². The maximum atomic E-state index is 11.3. The number of hydrogen-bond acceptors (Lipinski definition) is 4. The topological polar surface area (TPSA) is 69.4 Å². The number of nitrogens with zero attached hydrogens (tertiary/aromatic N) is 1. The summed E-state index contributed by atoms with van der Waals surface area (Å²) in [7, 11) is 0. The number of hydrogen-bond donors (Lipinski definition) is 0. The van der Waals surface area contributed by atoms with Gasteiger partial charge in [0.1, 0.15) is 5.75 Å². The summed E-state index contributed by atoms with van der Waals surface area (Å²) >= 11 is 0. The van der Waals surface area contributed by atoms with E-state index in [0.717, 1.165) is 0 Å². The van der Waals surface area contributed by atoms with Gasteiger partial charge in [-0.3, -0.25) is 14.9 Å². The molecule has 0 bridgehead atoms. The molecular weight excluding hydrogens is 210 g/mol. The summed E-state index contributed by atoms with van der Waals surface area (Å²) in [5.74, 6) is 0.105. The Morgan fingerprint density at radius 2 is 2.12 bits per heavy atom.